The van der Waals surface area contributed by atoms with Crippen LogP contribution in [0.4, 0.5) is 21.5 Å². The summed E-state index contributed by atoms with van der Waals surface area (Å²) in [5.74, 6) is -2.05. The molecular weight excluding hydrogens is 516 g/mol. The fraction of sp³-hybridized carbons (Fsp3) is 0.167. The average Bonchev–Trinajstić information content (AvgIpc) is 2.80. The highest BCUT2D eigenvalue weighted by Crippen LogP contribution is 2.28. The Balaban J connectivity index is 1.50. The molecule has 0 saturated carbocycles. The molecule has 1 heterocycles. The van der Waals surface area contributed by atoms with Gasteiger partial charge in [-0.05, 0) is 67.4 Å². The van der Waals surface area contributed by atoms with Crippen LogP contribution in [-0.2, 0) is 10.0 Å². The highest BCUT2D eigenvalue weighted by atomic mass is 35.5. The maximum atomic E-state index is 14.8. The second-order valence-electron chi connectivity index (χ2n) is 7.87. The number of nitrogens with one attached hydrogen (secondary N) is 2. The highest BCUT2D eigenvalue weighted by molar-refractivity contribution is 7.92. The Hall–Kier alpha value is -3.14. The van der Waals surface area contributed by atoms with Crippen LogP contribution in [0.5, 0.6) is 0 Å². The summed E-state index contributed by atoms with van der Waals surface area (Å²) in [6.45, 7) is 0.266. The fourth-order valence-electron chi connectivity index (χ4n) is 3.64. The predicted octanol–water partition coefficient (Wildman–Crippen LogP) is 5.57. The number of hydrogen-bond donors (Lipinski definition) is 2. The first kappa shape index (κ1) is 25.0. The smallest absolute Gasteiger partial charge is 0.258 e. The molecule has 4 rings (SSSR count). The van der Waals surface area contributed by atoms with Gasteiger partial charge in [-0.2, -0.15) is 0 Å². The lowest BCUT2D eigenvalue weighted by molar-refractivity contribution is 0.101. The molecule has 0 aromatic heterocycles. The van der Waals surface area contributed by atoms with E-state index in [1.54, 1.807) is 18.2 Å². The van der Waals surface area contributed by atoms with Gasteiger partial charge in [0.2, 0.25) is 10.0 Å². The molecule has 2 amide bonds. The van der Waals surface area contributed by atoms with E-state index in [1.807, 2.05) is 0 Å². The third kappa shape index (κ3) is 5.75. The number of hydrogen-bond acceptors (Lipinski definition) is 4. The zero-order valence-electron chi connectivity index (χ0n) is 18.2. The summed E-state index contributed by atoms with van der Waals surface area (Å²) >= 11 is 12.1. The molecule has 7 nitrogen and oxygen atoms in total. The van der Waals surface area contributed by atoms with Crippen LogP contribution < -0.4 is 14.9 Å². The molecule has 0 atom stereocenters. The lowest BCUT2D eigenvalue weighted by Crippen LogP contribution is -2.37. The molecule has 0 bridgehead atoms. The first-order valence-corrected chi connectivity index (χ1v) is 13.0. The summed E-state index contributed by atoms with van der Waals surface area (Å²) in [4.78, 5) is 25.2. The maximum Gasteiger partial charge on any atom is 0.258 e. The van der Waals surface area contributed by atoms with Crippen molar-refractivity contribution in [3.63, 3.8) is 0 Å². The van der Waals surface area contributed by atoms with Crippen molar-refractivity contribution in [1.29, 1.82) is 0 Å². The maximum absolute atomic E-state index is 14.8. The lowest BCUT2D eigenvalue weighted by atomic mass is 10.1. The molecule has 1 aliphatic rings. The van der Waals surface area contributed by atoms with Crippen LogP contribution in [0.2, 0.25) is 10.0 Å². The molecule has 0 unspecified atom stereocenters. The second kappa shape index (κ2) is 10.2. The van der Waals surface area contributed by atoms with Gasteiger partial charge < -0.3 is 10.6 Å². The van der Waals surface area contributed by atoms with Crippen molar-refractivity contribution in [3.8, 4) is 0 Å². The fourth-order valence-corrected chi connectivity index (χ4v) is 5.63. The zero-order valence-corrected chi connectivity index (χ0v) is 20.6. The van der Waals surface area contributed by atoms with Crippen LogP contribution in [0.3, 0.4) is 0 Å². The van der Waals surface area contributed by atoms with Crippen LogP contribution in [0.25, 0.3) is 0 Å². The largest absolute Gasteiger partial charge is 0.322 e. The molecular formula is C24H20Cl2FN3O4S. The molecule has 0 spiro atoms. The molecule has 2 N–H and O–H groups in total. The number of sulfonamides is 1. The second-order valence-corrected chi connectivity index (χ2v) is 10.7. The van der Waals surface area contributed by atoms with Gasteiger partial charge in [-0.15, -0.1) is 0 Å². The third-order valence-corrected chi connectivity index (χ3v) is 7.83. The van der Waals surface area contributed by atoms with Gasteiger partial charge in [0.15, 0.2) is 0 Å². The Morgan fingerprint density at radius 2 is 1.71 bits per heavy atom. The number of rotatable bonds is 5. The summed E-state index contributed by atoms with van der Waals surface area (Å²) in [6.07, 6.45) is 1.24. The van der Waals surface area contributed by atoms with Crippen LogP contribution in [-0.4, -0.2) is 32.5 Å². The standard InChI is InChI=1S/C24H20Cl2FN3O4S/c25-16-5-3-4-15(12-16)23(31)29-22-13-17(6-9-20(22)26)28-24(32)19-8-7-18(14-21(19)27)30-10-1-2-11-35(30,33)34/h3-9,12-14H,1-2,10-11H2,(H,28,32)(H,29,31). The van der Waals surface area contributed by atoms with Crippen molar-refractivity contribution in [2.75, 3.05) is 27.2 Å². The van der Waals surface area contributed by atoms with Crippen LogP contribution in [0.1, 0.15) is 33.6 Å². The van der Waals surface area contributed by atoms with Crippen molar-refractivity contribution in [2.24, 2.45) is 0 Å². The van der Waals surface area contributed by atoms with Gasteiger partial charge in [-0.25, -0.2) is 12.8 Å². The quantitative estimate of drug-likeness (QED) is 0.446. The van der Waals surface area contributed by atoms with Crippen LogP contribution in [0, 0.1) is 5.82 Å². The number of halogens is 3. The third-order valence-electron chi connectivity index (χ3n) is 5.39. The summed E-state index contributed by atoms with van der Waals surface area (Å²) in [7, 11) is -3.50. The van der Waals surface area contributed by atoms with E-state index < -0.39 is 27.7 Å². The van der Waals surface area contributed by atoms with E-state index in [4.69, 9.17) is 23.2 Å². The molecule has 0 aliphatic carbocycles. The van der Waals surface area contributed by atoms with E-state index in [0.717, 1.165) is 10.4 Å². The van der Waals surface area contributed by atoms with Crippen molar-refractivity contribution in [1.82, 2.24) is 0 Å². The SMILES string of the molecule is O=C(Nc1cc(NC(=O)c2ccc(N3CCCCS3(=O)=O)cc2F)ccc1Cl)c1cccc(Cl)c1. The van der Waals surface area contributed by atoms with E-state index in [2.05, 4.69) is 10.6 Å². The molecule has 11 heteroatoms. The van der Waals surface area contributed by atoms with Crippen LogP contribution >= 0.6 is 23.2 Å². The Bertz CT molecular complexity index is 1420. The monoisotopic (exact) mass is 535 g/mol. The molecule has 3 aromatic carbocycles. The minimum Gasteiger partial charge on any atom is -0.322 e. The average molecular weight is 536 g/mol. The van der Waals surface area contributed by atoms with Crippen molar-refractivity contribution >= 4 is 62.1 Å². The number of amides is 2. The number of nitrogens with zero attached hydrogens (tertiary/aromatic N) is 1. The van der Waals surface area contributed by atoms with Gasteiger partial charge in [-0.1, -0.05) is 29.3 Å². The minimum absolute atomic E-state index is 0.00358. The highest BCUT2D eigenvalue weighted by Gasteiger charge is 2.27. The van der Waals surface area contributed by atoms with Crippen molar-refractivity contribution in [2.45, 2.75) is 12.8 Å². The van der Waals surface area contributed by atoms with Gasteiger partial charge in [-0.3, -0.25) is 13.9 Å². The van der Waals surface area contributed by atoms with Crippen molar-refractivity contribution < 1.29 is 22.4 Å². The van der Waals surface area contributed by atoms with E-state index in [1.165, 1.54) is 36.4 Å². The molecule has 1 saturated heterocycles. The van der Waals surface area contributed by atoms with Gasteiger partial charge in [0.1, 0.15) is 5.82 Å². The predicted molar refractivity (Wildman–Crippen MR) is 136 cm³/mol. The van der Waals surface area contributed by atoms with Gasteiger partial charge in [0.25, 0.3) is 11.8 Å². The molecule has 0 radical (unpaired) electrons. The zero-order chi connectivity index (χ0) is 25.2. The molecule has 3 aromatic rings. The Morgan fingerprint density at radius 3 is 2.43 bits per heavy atom. The Labute approximate surface area is 211 Å². The number of anilines is 3. The van der Waals surface area contributed by atoms with Gasteiger partial charge in [0.05, 0.1) is 27.7 Å². The van der Waals surface area contributed by atoms with Gasteiger partial charge >= 0.3 is 0 Å². The van der Waals surface area contributed by atoms with Crippen LogP contribution in [0.15, 0.2) is 60.7 Å². The Kier molecular flexibility index (Phi) is 7.30. The van der Waals surface area contributed by atoms with E-state index in [-0.39, 0.29) is 39.9 Å². The summed E-state index contributed by atoms with van der Waals surface area (Å²) in [5, 5.41) is 5.85. The lowest BCUT2D eigenvalue weighted by Gasteiger charge is -2.28. The Morgan fingerprint density at radius 1 is 0.914 bits per heavy atom. The normalized spacial score (nSPS) is 14.9. The summed E-state index contributed by atoms with van der Waals surface area (Å²) in [5.41, 5.74) is 0.739. The number of carbonyl (C=O) groups is 2. The van der Waals surface area contributed by atoms with E-state index >= 15 is 0 Å². The topological polar surface area (TPSA) is 95.6 Å². The van der Waals surface area contributed by atoms with Crippen molar-refractivity contribution in [3.05, 3.63) is 87.7 Å². The van der Waals surface area contributed by atoms with Gasteiger partial charge in [0, 0.05) is 22.8 Å². The number of benzene rings is 3. The molecule has 182 valence electrons. The van der Waals surface area contributed by atoms with E-state index in [0.29, 0.717) is 23.4 Å². The summed E-state index contributed by atoms with van der Waals surface area (Å²) < 4.78 is 40.5. The minimum atomic E-state index is -3.50. The first-order valence-electron chi connectivity index (χ1n) is 10.6. The molecule has 1 aliphatic heterocycles. The summed E-state index contributed by atoms with van der Waals surface area (Å²) in [6, 6.07) is 14.5. The number of carbonyl (C=O) groups excluding carboxylic acids is 2. The molecule has 35 heavy (non-hydrogen) atoms. The van der Waals surface area contributed by atoms with E-state index in [9.17, 15) is 22.4 Å². The molecule has 1 fully saturated rings. The first-order chi connectivity index (χ1) is 16.6.